The van der Waals surface area contributed by atoms with Gasteiger partial charge in [-0.1, -0.05) is 54.6 Å². The molecule has 1 aliphatic rings. The smallest absolute Gasteiger partial charge is 0.224 e. The minimum Gasteiger partial charge on any atom is -0.370 e. The number of carbonyl (C=O) groups is 1. The summed E-state index contributed by atoms with van der Waals surface area (Å²) < 4.78 is 0. The van der Waals surface area contributed by atoms with Crippen molar-refractivity contribution in [1.29, 1.82) is 0 Å². The maximum absolute atomic E-state index is 12.5. The van der Waals surface area contributed by atoms with Crippen LogP contribution in [-0.2, 0) is 11.2 Å². The van der Waals surface area contributed by atoms with Gasteiger partial charge in [-0.05, 0) is 48.6 Å². The van der Waals surface area contributed by atoms with Gasteiger partial charge in [0.05, 0.1) is 30.0 Å². The Bertz CT molecular complexity index is 930. The summed E-state index contributed by atoms with van der Waals surface area (Å²) in [5.74, 6) is 0.00961. The standard InChI is InChI=1S/C25H27N3O/c1-19(24-14-13-23(18-26-24)28-15-5-6-16-28)27-25(29)17-20-9-11-22(12-10-20)21-7-3-2-4-8-21/h2-4,7-14,18-19H,5-6,15-17H2,1H3,(H,27,29)/t19-/m1/s1. The Morgan fingerprint density at radius 1 is 0.966 bits per heavy atom. The van der Waals surface area contributed by atoms with Crippen LogP contribution in [0.4, 0.5) is 5.69 Å². The van der Waals surface area contributed by atoms with Gasteiger partial charge < -0.3 is 10.2 Å². The van der Waals surface area contributed by atoms with Gasteiger partial charge in [-0.25, -0.2) is 0 Å². The molecule has 1 aromatic heterocycles. The van der Waals surface area contributed by atoms with E-state index < -0.39 is 0 Å². The van der Waals surface area contributed by atoms with E-state index in [2.05, 4.69) is 45.5 Å². The predicted octanol–water partition coefficient (Wildman–Crippen LogP) is 4.77. The maximum Gasteiger partial charge on any atom is 0.224 e. The van der Waals surface area contributed by atoms with Gasteiger partial charge in [0.1, 0.15) is 0 Å². The molecule has 0 saturated carbocycles. The zero-order valence-corrected chi connectivity index (χ0v) is 16.8. The molecule has 2 heterocycles. The molecule has 1 saturated heterocycles. The molecule has 4 rings (SSSR count). The Morgan fingerprint density at radius 3 is 2.31 bits per heavy atom. The third-order valence-electron chi connectivity index (χ3n) is 5.49. The fraction of sp³-hybridized carbons (Fsp3) is 0.280. The number of pyridine rings is 1. The van der Waals surface area contributed by atoms with Crippen molar-refractivity contribution < 1.29 is 4.79 Å². The molecule has 1 amide bonds. The fourth-order valence-corrected chi connectivity index (χ4v) is 3.81. The topological polar surface area (TPSA) is 45.2 Å². The molecule has 0 spiro atoms. The molecule has 0 radical (unpaired) electrons. The average molecular weight is 386 g/mol. The van der Waals surface area contributed by atoms with E-state index in [9.17, 15) is 4.79 Å². The lowest BCUT2D eigenvalue weighted by molar-refractivity contribution is -0.121. The first-order valence-electron chi connectivity index (χ1n) is 10.3. The predicted molar refractivity (Wildman–Crippen MR) is 118 cm³/mol. The second-order valence-corrected chi connectivity index (χ2v) is 7.66. The molecule has 4 heteroatoms. The first kappa shape index (κ1) is 19.2. The van der Waals surface area contributed by atoms with Crippen LogP contribution in [0.2, 0.25) is 0 Å². The van der Waals surface area contributed by atoms with Crippen LogP contribution in [0.3, 0.4) is 0 Å². The minimum atomic E-state index is -0.112. The highest BCUT2D eigenvalue weighted by atomic mass is 16.1. The van der Waals surface area contributed by atoms with Gasteiger partial charge in [-0.3, -0.25) is 9.78 Å². The molecule has 2 aromatic carbocycles. The summed E-state index contributed by atoms with van der Waals surface area (Å²) in [7, 11) is 0. The normalized spacial score (nSPS) is 14.6. The number of anilines is 1. The number of amides is 1. The van der Waals surface area contributed by atoms with Gasteiger partial charge in [0.2, 0.25) is 5.91 Å². The van der Waals surface area contributed by atoms with Gasteiger partial charge in [0, 0.05) is 13.1 Å². The molecule has 148 valence electrons. The molecular formula is C25H27N3O. The first-order valence-corrected chi connectivity index (χ1v) is 10.3. The number of aromatic nitrogens is 1. The molecule has 1 aliphatic heterocycles. The fourth-order valence-electron chi connectivity index (χ4n) is 3.81. The van der Waals surface area contributed by atoms with E-state index in [0.29, 0.717) is 6.42 Å². The Balaban J connectivity index is 1.33. The molecule has 1 fully saturated rings. The molecule has 1 atom stereocenters. The summed E-state index contributed by atoms with van der Waals surface area (Å²) in [5, 5.41) is 3.06. The number of nitrogens with one attached hydrogen (secondary N) is 1. The van der Waals surface area contributed by atoms with Crippen LogP contribution >= 0.6 is 0 Å². The third-order valence-corrected chi connectivity index (χ3v) is 5.49. The van der Waals surface area contributed by atoms with E-state index in [1.807, 2.05) is 49.5 Å². The first-order chi connectivity index (χ1) is 14.2. The zero-order chi connectivity index (χ0) is 20.1. The van der Waals surface area contributed by atoms with Crippen molar-refractivity contribution in [3.63, 3.8) is 0 Å². The van der Waals surface area contributed by atoms with Gasteiger partial charge >= 0.3 is 0 Å². The number of benzene rings is 2. The van der Waals surface area contributed by atoms with Crippen LogP contribution in [-0.4, -0.2) is 24.0 Å². The molecule has 4 nitrogen and oxygen atoms in total. The van der Waals surface area contributed by atoms with Crippen molar-refractivity contribution in [3.05, 3.63) is 84.2 Å². The minimum absolute atomic E-state index is 0.00961. The molecule has 0 bridgehead atoms. The Morgan fingerprint density at radius 2 is 1.66 bits per heavy atom. The van der Waals surface area contributed by atoms with E-state index in [1.54, 1.807) is 0 Å². The van der Waals surface area contributed by atoms with E-state index >= 15 is 0 Å². The lowest BCUT2D eigenvalue weighted by Crippen LogP contribution is -2.28. The van der Waals surface area contributed by atoms with Gasteiger partial charge in [-0.15, -0.1) is 0 Å². The van der Waals surface area contributed by atoms with E-state index in [1.165, 1.54) is 24.1 Å². The average Bonchev–Trinajstić information content (AvgIpc) is 3.30. The molecule has 0 unspecified atom stereocenters. The van der Waals surface area contributed by atoms with E-state index in [-0.39, 0.29) is 11.9 Å². The highest BCUT2D eigenvalue weighted by Crippen LogP contribution is 2.21. The largest absolute Gasteiger partial charge is 0.370 e. The molecule has 1 N–H and O–H groups in total. The van der Waals surface area contributed by atoms with Crippen molar-refractivity contribution in [2.24, 2.45) is 0 Å². The summed E-state index contributed by atoms with van der Waals surface area (Å²) in [6, 6.07) is 22.5. The van der Waals surface area contributed by atoms with Crippen LogP contribution in [0.15, 0.2) is 72.9 Å². The molecule has 0 aliphatic carbocycles. The molecule has 29 heavy (non-hydrogen) atoms. The summed E-state index contributed by atoms with van der Waals surface area (Å²) in [4.78, 5) is 19.4. The summed E-state index contributed by atoms with van der Waals surface area (Å²) >= 11 is 0. The Kier molecular flexibility index (Phi) is 5.89. The van der Waals surface area contributed by atoms with E-state index in [0.717, 1.165) is 29.9 Å². The monoisotopic (exact) mass is 385 g/mol. The van der Waals surface area contributed by atoms with Crippen LogP contribution in [0.1, 0.15) is 37.1 Å². The van der Waals surface area contributed by atoms with Crippen LogP contribution < -0.4 is 10.2 Å². The summed E-state index contributed by atoms with van der Waals surface area (Å²) in [6.07, 6.45) is 4.79. The number of rotatable bonds is 6. The summed E-state index contributed by atoms with van der Waals surface area (Å²) in [5.41, 5.74) is 5.40. The number of nitrogens with zero attached hydrogens (tertiary/aromatic N) is 2. The molecule has 3 aromatic rings. The second kappa shape index (κ2) is 8.91. The number of hydrogen-bond acceptors (Lipinski definition) is 3. The number of carbonyl (C=O) groups excluding carboxylic acids is 1. The SMILES string of the molecule is C[C@@H](NC(=O)Cc1ccc(-c2ccccc2)cc1)c1ccc(N2CCCC2)cn1. The number of hydrogen-bond donors (Lipinski definition) is 1. The highest BCUT2D eigenvalue weighted by Gasteiger charge is 2.15. The van der Waals surface area contributed by atoms with Crippen LogP contribution in [0, 0.1) is 0 Å². The van der Waals surface area contributed by atoms with Crippen molar-refractivity contribution in [3.8, 4) is 11.1 Å². The Hall–Kier alpha value is -3.14. The van der Waals surface area contributed by atoms with Gasteiger partial charge in [-0.2, -0.15) is 0 Å². The van der Waals surface area contributed by atoms with Crippen molar-refractivity contribution in [2.45, 2.75) is 32.2 Å². The van der Waals surface area contributed by atoms with Crippen molar-refractivity contribution in [1.82, 2.24) is 10.3 Å². The third kappa shape index (κ3) is 4.83. The lowest BCUT2D eigenvalue weighted by atomic mass is 10.0. The Labute approximate surface area is 172 Å². The van der Waals surface area contributed by atoms with Gasteiger partial charge in [0.15, 0.2) is 0 Å². The quantitative estimate of drug-likeness (QED) is 0.665. The van der Waals surface area contributed by atoms with Crippen LogP contribution in [0.5, 0.6) is 0 Å². The van der Waals surface area contributed by atoms with Crippen LogP contribution in [0.25, 0.3) is 11.1 Å². The maximum atomic E-state index is 12.5. The highest BCUT2D eigenvalue weighted by molar-refractivity contribution is 5.79. The zero-order valence-electron chi connectivity index (χ0n) is 16.8. The lowest BCUT2D eigenvalue weighted by Gasteiger charge is -2.19. The second-order valence-electron chi connectivity index (χ2n) is 7.66. The van der Waals surface area contributed by atoms with Crippen molar-refractivity contribution >= 4 is 11.6 Å². The summed E-state index contributed by atoms with van der Waals surface area (Å²) in [6.45, 7) is 4.20. The van der Waals surface area contributed by atoms with Crippen molar-refractivity contribution in [2.75, 3.05) is 18.0 Å². The van der Waals surface area contributed by atoms with Gasteiger partial charge in [0.25, 0.3) is 0 Å². The molecular weight excluding hydrogens is 358 g/mol. The van der Waals surface area contributed by atoms with E-state index in [4.69, 9.17) is 0 Å².